The van der Waals surface area contributed by atoms with Crippen molar-refractivity contribution < 1.29 is 12.4 Å². The molecule has 0 N–H and O–H groups in total. The summed E-state index contributed by atoms with van der Waals surface area (Å²) in [4.78, 5) is 0. The number of halogens is 1. The van der Waals surface area contributed by atoms with Gasteiger partial charge in [0, 0.05) is 7.26 Å². The Kier molecular flexibility index (Phi) is 28.5. The van der Waals surface area contributed by atoms with Crippen molar-refractivity contribution in [2.24, 2.45) is 0 Å². The highest BCUT2D eigenvalue weighted by Gasteiger charge is 2.34. The van der Waals surface area contributed by atoms with Crippen molar-refractivity contribution in [3.8, 4) is 0 Å². The monoisotopic (exact) mass is 462 g/mol. The molecular weight excluding hydrogens is 403 g/mol. The van der Waals surface area contributed by atoms with E-state index in [1.807, 2.05) is 0 Å². The molecule has 0 aromatic carbocycles. The van der Waals surface area contributed by atoms with Gasteiger partial charge < -0.3 is 12.4 Å². The molecule has 0 radical (unpaired) electrons. The molecule has 0 atom stereocenters. The van der Waals surface area contributed by atoms with Crippen LogP contribution >= 0.6 is 7.26 Å². The van der Waals surface area contributed by atoms with Gasteiger partial charge in [-0.25, -0.2) is 0 Å². The second-order valence-corrected chi connectivity index (χ2v) is 14.4. The minimum Gasteiger partial charge on any atom is -1.00 e. The summed E-state index contributed by atoms with van der Waals surface area (Å²) in [5.41, 5.74) is 0. The SMILES string of the molecule is CCCCCCCCCC[P+](CCCCCC)(CCCCCC)CCCCCC.[Cl-]. The Morgan fingerprint density at radius 1 is 0.300 bits per heavy atom. The third kappa shape index (κ3) is 20.6. The molecule has 0 unspecified atom stereocenters. The Hall–Kier alpha value is 0.720. The first-order valence-electron chi connectivity index (χ1n) is 14.1. The van der Waals surface area contributed by atoms with Crippen LogP contribution in [0.25, 0.3) is 0 Å². The van der Waals surface area contributed by atoms with Crippen LogP contribution in [0.5, 0.6) is 0 Å². The van der Waals surface area contributed by atoms with Gasteiger partial charge in [0.05, 0.1) is 24.6 Å². The molecule has 0 saturated carbocycles. The highest BCUT2D eigenvalue weighted by atomic mass is 35.5. The van der Waals surface area contributed by atoms with E-state index in [0.717, 1.165) is 0 Å². The summed E-state index contributed by atoms with van der Waals surface area (Å²) in [7, 11) is -0.683. The first kappa shape index (κ1) is 32.9. The zero-order valence-corrected chi connectivity index (χ0v) is 23.4. The van der Waals surface area contributed by atoms with Crippen molar-refractivity contribution in [3.63, 3.8) is 0 Å². The Morgan fingerprint density at radius 3 is 0.767 bits per heavy atom. The fourth-order valence-corrected chi connectivity index (χ4v) is 9.79. The molecule has 0 saturated heterocycles. The highest BCUT2D eigenvalue weighted by Crippen LogP contribution is 2.61. The van der Waals surface area contributed by atoms with Crippen LogP contribution in [0, 0.1) is 0 Å². The van der Waals surface area contributed by atoms with Crippen molar-refractivity contribution in [1.29, 1.82) is 0 Å². The van der Waals surface area contributed by atoms with Crippen LogP contribution in [0.3, 0.4) is 0 Å². The molecule has 0 bridgehead atoms. The quantitative estimate of drug-likeness (QED) is 0.101. The van der Waals surface area contributed by atoms with Crippen LogP contribution in [0.4, 0.5) is 0 Å². The Morgan fingerprint density at radius 2 is 0.500 bits per heavy atom. The van der Waals surface area contributed by atoms with Crippen LogP contribution in [-0.4, -0.2) is 24.6 Å². The molecule has 0 aliphatic heterocycles. The first-order chi connectivity index (χ1) is 14.2. The fourth-order valence-electron chi connectivity index (χ4n) is 4.87. The molecule has 184 valence electrons. The summed E-state index contributed by atoms with van der Waals surface area (Å²) < 4.78 is 0. The molecule has 0 aromatic rings. The number of rotatable bonds is 24. The van der Waals surface area contributed by atoms with Gasteiger partial charge in [0.25, 0.3) is 0 Å². The summed E-state index contributed by atoms with van der Waals surface area (Å²) in [6, 6.07) is 0. The summed E-state index contributed by atoms with van der Waals surface area (Å²) >= 11 is 0. The molecule has 0 spiro atoms. The molecule has 0 aliphatic rings. The van der Waals surface area contributed by atoms with E-state index in [-0.39, 0.29) is 12.4 Å². The minimum absolute atomic E-state index is 0. The summed E-state index contributed by atoms with van der Waals surface area (Å²) in [6.07, 6.45) is 36.1. The minimum atomic E-state index is -0.683. The summed E-state index contributed by atoms with van der Waals surface area (Å²) in [5, 5.41) is 0. The van der Waals surface area contributed by atoms with E-state index in [2.05, 4.69) is 27.7 Å². The van der Waals surface area contributed by atoms with E-state index in [1.54, 1.807) is 50.3 Å². The standard InChI is InChI=1S/C28H60P.ClH/c1-5-9-13-17-18-19-20-24-28-29(25-21-14-10-6-2,26-22-15-11-7-3)27-23-16-12-8-4;/h5-28H2,1-4H3;1H/q+1;/p-1. The predicted molar refractivity (Wildman–Crippen MR) is 141 cm³/mol. The highest BCUT2D eigenvalue weighted by molar-refractivity contribution is 7.75. The van der Waals surface area contributed by atoms with Crippen molar-refractivity contribution in [3.05, 3.63) is 0 Å². The van der Waals surface area contributed by atoms with Gasteiger partial charge in [0.15, 0.2) is 0 Å². The van der Waals surface area contributed by atoms with E-state index >= 15 is 0 Å². The Labute approximate surface area is 200 Å². The lowest BCUT2D eigenvalue weighted by Gasteiger charge is -2.28. The van der Waals surface area contributed by atoms with Gasteiger partial charge in [0.2, 0.25) is 0 Å². The topological polar surface area (TPSA) is 0 Å². The summed E-state index contributed by atoms with van der Waals surface area (Å²) in [6.45, 7) is 9.40. The second kappa shape index (κ2) is 26.0. The molecule has 0 fully saturated rings. The van der Waals surface area contributed by atoms with E-state index in [4.69, 9.17) is 0 Å². The maximum absolute atomic E-state index is 2.36. The molecule has 0 nitrogen and oxygen atoms in total. The molecule has 0 heterocycles. The smallest absolute Gasteiger partial charge is 0.0594 e. The number of unbranched alkanes of at least 4 members (excludes halogenated alkanes) is 16. The lowest BCUT2D eigenvalue weighted by molar-refractivity contribution is -0.00000667. The van der Waals surface area contributed by atoms with Gasteiger partial charge in [-0.05, 0) is 51.4 Å². The van der Waals surface area contributed by atoms with Crippen LogP contribution in [0.1, 0.15) is 156 Å². The van der Waals surface area contributed by atoms with E-state index < -0.39 is 7.26 Å². The average Bonchev–Trinajstić information content (AvgIpc) is 2.73. The average molecular weight is 463 g/mol. The van der Waals surface area contributed by atoms with Gasteiger partial charge in [-0.1, -0.05) is 105 Å². The van der Waals surface area contributed by atoms with Gasteiger partial charge in [0.1, 0.15) is 0 Å². The number of hydrogen-bond acceptors (Lipinski definition) is 0. The van der Waals surface area contributed by atoms with Crippen LogP contribution in [0.15, 0.2) is 0 Å². The van der Waals surface area contributed by atoms with Crippen molar-refractivity contribution >= 4 is 7.26 Å². The lowest BCUT2D eigenvalue weighted by Crippen LogP contribution is -3.00. The van der Waals surface area contributed by atoms with E-state index in [1.165, 1.54) is 103 Å². The molecule has 30 heavy (non-hydrogen) atoms. The third-order valence-electron chi connectivity index (χ3n) is 6.94. The molecule has 0 amide bonds. The largest absolute Gasteiger partial charge is 1.00 e. The molecule has 0 rings (SSSR count). The van der Waals surface area contributed by atoms with Crippen LogP contribution < -0.4 is 12.4 Å². The van der Waals surface area contributed by atoms with Gasteiger partial charge >= 0.3 is 0 Å². The lowest BCUT2D eigenvalue weighted by atomic mass is 10.1. The van der Waals surface area contributed by atoms with Crippen molar-refractivity contribution in [1.82, 2.24) is 0 Å². The zero-order chi connectivity index (χ0) is 21.5. The number of hydrogen-bond donors (Lipinski definition) is 0. The molecule has 0 aromatic heterocycles. The van der Waals surface area contributed by atoms with Crippen LogP contribution in [-0.2, 0) is 0 Å². The molecular formula is C28H60ClP. The molecule has 2 heteroatoms. The van der Waals surface area contributed by atoms with Gasteiger partial charge in [-0.2, -0.15) is 0 Å². The maximum Gasteiger partial charge on any atom is 0.0594 e. The predicted octanol–water partition coefficient (Wildman–Crippen LogP) is 7.89. The maximum atomic E-state index is 2.36. The van der Waals surface area contributed by atoms with Crippen molar-refractivity contribution in [2.75, 3.05) is 24.6 Å². The van der Waals surface area contributed by atoms with E-state index in [0.29, 0.717) is 0 Å². The Balaban J connectivity index is 0. The van der Waals surface area contributed by atoms with Gasteiger partial charge in [-0.15, -0.1) is 0 Å². The zero-order valence-electron chi connectivity index (χ0n) is 21.8. The fraction of sp³-hybridized carbons (Fsp3) is 1.00. The summed E-state index contributed by atoms with van der Waals surface area (Å²) in [5.74, 6) is 0. The second-order valence-electron chi connectivity index (χ2n) is 9.89. The first-order valence-corrected chi connectivity index (χ1v) is 16.6. The van der Waals surface area contributed by atoms with Crippen LogP contribution in [0.2, 0.25) is 0 Å². The van der Waals surface area contributed by atoms with E-state index in [9.17, 15) is 0 Å². The Bertz CT molecular complexity index is 274. The molecule has 0 aliphatic carbocycles. The van der Waals surface area contributed by atoms with Gasteiger partial charge in [-0.3, -0.25) is 0 Å². The van der Waals surface area contributed by atoms with Crippen molar-refractivity contribution in [2.45, 2.75) is 156 Å². The third-order valence-corrected chi connectivity index (χ3v) is 12.0. The normalized spacial score (nSPS) is 11.6.